The van der Waals surface area contributed by atoms with Gasteiger partial charge in [0, 0.05) is 54.5 Å². The first-order valence-corrected chi connectivity index (χ1v) is 24.0. The Labute approximate surface area is 406 Å². The molecule has 0 fully saturated rings. The van der Waals surface area contributed by atoms with E-state index >= 15 is 0 Å². The molecule has 4 aliphatic carbocycles. The number of carbonyl (C=O) groups excluding carboxylic acids is 4. The zero-order chi connectivity index (χ0) is 46.5. The summed E-state index contributed by atoms with van der Waals surface area (Å²) in [5, 5.41) is 2.82. The summed E-state index contributed by atoms with van der Waals surface area (Å²) in [6.07, 6.45) is 29.3. The van der Waals surface area contributed by atoms with Gasteiger partial charge in [-0.1, -0.05) is 143 Å². The average Bonchev–Trinajstić information content (AvgIpc) is 4.24. The van der Waals surface area contributed by atoms with Crippen molar-refractivity contribution in [2.45, 2.75) is 25.2 Å². The first-order chi connectivity index (χ1) is 33.8. The van der Waals surface area contributed by atoms with Crippen molar-refractivity contribution in [1.29, 1.82) is 0 Å². The van der Waals surface area contributed by atoms with Gasteiger partial charge in [0.1, 0.15) is 0 Å². The Morgan fingerprint density at radius 3 is 1.38 bits per heavy atom. The molecule has 0 aromatic heterocycles. The largest absolute Gasteiger partial charge is 0.268 e. The van der Waals surface area contributed by atoms with Gasteiger partial charge in [-0.25, -0.2) is 9.80 Å². The fourth-order valence-electron chi connectivity index (χ4n) is 11.0. The number of anilines is 2. The minimum atomic E-state index is -0.363. The first-order valence-electron chi connectivity index (χ1n) is 23.2. The highest BCUT2D eigenvalue weighted by atomic mass is 79.9. The SMILES string of the molecule is O=C1c2cccc3c(-c4cc(Br)cc(-c5ccc6c7c(cccc57)C(=O)N(c5ccc(C7C=CC=C7)cc5C5=CC=CC5)C6=O)c4)ccc(c23)C(=O)N1c1ccc(C2=CC=CC2)cc1C1=CC=CC1. The van der Waals surface area contributed by atoms with Gasteiger partial charge in [0.2, 0.25) is 0 Å². The van der Waals surface area contributed by atoms with Gasteiger partial charge in [0.25, 0.3) is 23.6 Å². The number of rotatable bonds is 8. The van der Waals surface area contributed by atoms with E-state index in [4.69, 9.17) is 0 Å². The quantitative estimate of drug-likeness (QED) is 0.142. The van der Waals surface area contributed by atoms with Crippen LogP contribution in [0, 0.1) is 0 Å². The van der Waals surface area contributed by atoms with E-state index in [1.54, 1.807) is 0 Å². The molecule has 0 bridgehead atoms. The van der Waals surface area contributed by atoms with Crippen LogP contribution in [0.5, 0.6) is 0 Å². The lowest BCUT2D eigenvalue weighted by Gasteiger charge is -2.30. The number of benzene rings is 7. The van der Waals surface area contributed by atoms with E-state index in [2.05, 4.69) is 88.8 Å². The number of halogens is 1. The molecule has 0 spiro atoms. The van der Waals surface area contributed by atoms with Crippen LogP contribution >= 0.6 is 15.9 Å². The maximum atomic E-state index is 14.7. The van der Waals surface area contributed by atoms with Crippen molar-refractivity contribution in [2.75, 3.05) is 9.80 Å². The van der Waals surface area contributed by atoms with Gasteiger partial charge < -0.3 is 0 Å². The zero-order valence-electron chi connectivity index (χ0n) is 37.1. The van der Waals surface area contributed by atoms with Crippen molar-refractivity contribution in [3.63, 3.8) is 0 Å². The van der Waals surface area contributed by atoms with E-state index in [0.29, 0.717) is 57.2 Å². The van der Waals surface area contributed by atoms with Crippen molar-refractivity contribution in [3.05, 3.63) is 243 Å². The molecule has 7 heteroatoms. The molecule has 7 aromatic rings. The molecule has 13 rings (SSSR count). The molecule has 2 aliphatic heterocycles. The van der Waals surface area contributed by atoms with Gasteiger partial charge in [-0.15, -0.1) is 0 Å². The highest BCUT2D eigenvalue weighted by Crippen LogP contribution is 2.46. The number of allylic oxidation sites excluding steroid dienone is 16. The maximum absolute atomic E-state index is 14.7. The molecule has 2 heterocycles. The van der Waals surface area contributed by atoms with E-state index in [1.807, 2.05) is 121 Å². The third-order valence-corrected chi connectivity index (χ3v) is 14.8. The lowest BCUT2D eigenvalue weighted by Crippen LogP contribution is -2.41. The first kappa shape index (κ1) is 41.0. The van der Waals surface area contributed by atoms with Gasteiger partial charge in [-0.3, -0.25) is 19.2 Å². The fourth-order valence-corrected chi connectivity index (χ4v) is 11.5. The minimum absolute atomic E-state index is 0.130. The van der Waals surface area contributed by atoms with Gasteiger partial charge in [0.05, 0.1) is 11.4 Å². The molecule has 0 atom stereocenters. The molecular weight excluding hydrogens is 917 g/mol. The second-order valence-electron chi connectivity index (χ2n) is 18.2. The molecular formula is C62H39BrN2O4. The summed E-state index contributed by atoms with van der Waals surface area (Å²) < 4.78 is 0.818. The zero-order valence-corrected chi connectivity index (χ0v) is 38.7. The summed E-state index contributed by atoms with van der Waals surface area (Å²) in [5.41, 5.74) is 13.7. The summed E-state index contributed by atoms with van der Waals surface area (Å²) in [7, 11) is 0. The number of amides is 4. The lowest BCUT2D eigenvalue weighted by molar-refractivity contribution is 0.0877. The monoisotopic (exact) mass is 954 g/mol. The van der Waals surface area contributed by atoms with Crippen LogP contribution in [0.25, 0.3) is 60.5 Å². The average molecular weight is 956 g/mol. The Morgan fingerprint density at radius 1 is 0.406 bits per heavy atom. The predicted molar refractivity (Wildman–Crippen MR) is 281 cm³/mol. The van der Waals surface area contributed by atoms with Crippen molar-refractivity contribution in [2.24, 2.45) is 0 Å². The fraction of sp³-hybridized carbons (Fsp3) is 0.0645. The van der Waals surface area contributed by atoms with Crippen molar-refractivity contribution < 1.29 is 19.2 Å². The Morgan fingerprint density at radius 2 is 0.870 bits per heavy atom. The number of carbonyl (C=O) groups is 4. The van der Waals surface area contributed by atoms with Gasteiger partial charge in [-0.2, -0.15) is 0 Å². The summed E-state index contributed by atoms with van der Waals surface area (Å²) in [6.45, 7) is 0. The van der Waals surface area contributed by atoms with Crippen LogP contribution < -0.4 is 9.80 Å². The molecule has 4 amide bonds. The summed E-state index contributed by atoms with van der Waals surface area (Å²) in [6, 6.07) is 37.2. The van der Waals surface area contributed by atoms with E-state index in [1.165, 1.54) is 15.4 Å². The third kappa shape index (κ3) is 6.45. The molecule has 328 valence electrons. The van der Waals surface area contributed by atoms with Crippen LogP contribution in [-0.2, 0) is 0 Å². The number of hydrogen-bond donors (Lipinski definition) is 0. The highest BCUT2D eigenvalue weighted by Gasteiger charge is 2.38. The van der Waals surface area contributed by atoms with Crippen LogP contribution in [0.1, 0.15) is 88.9 Å². The van der Waals surface area contributed by atoms with E-state index < -0.39 is 0 Å². The summed E-state index contributed by atoms with van der Waals surface area (Å²) in [5.74, 6) is -1.32. The molecule has 0 unspecified atom stereocenters. The molecule has 69 heavy (non-hydrogen) atoms. The van der Waals surface area contributed by atoms with Crippen LogP contribution in [-0.4, -0.2) is 23.6 Å². The Balaban J connectivity index is 0.877. The molecule has 6 aliphatic rings. The topological polar surface area (TPSA) is 74.8 Å². The Bertz CT molecular complexity index is 3760. The second-order valence-corrected chi connectivity index (χ2v) is 19.1. The molecule has 0 saturated heterocycles. The van der Waals surface area contributed by atoms with Gasteiger partial charge >= 0.3 is 0 Å². The normalized spacial score (nSPS) is 16.9. The third-order valence-electron chi connectivity index (χ3n) is 14.3. The Kier molecular flexibility index (Phi) is 9.46. The molecule has 0 radical (unpaired) electrons. The highest BCUT2D eigenvalue weighted by molar-refractivity contribution is 9.10. The van der Waals surface area contributed by atoms with Gasteiger partial charge in [-0.05, 0) is 147 Å². The van der Waals surface area contributed by atoms with E-state index in [-0.39, 0.29) is 29.5 Å². The molecule has 0 N–H and O–H groups in total. The van der Waals surface area contributed by atoms with Crippen molar-refractivity contribution >= 4 is 89.2 Å². The number of nitrogens with zero attached hydrogens (tertiary/aromatic N) is 2. The number of hydrogen-bond acceptors (Lipinski definition) is 4. The second kappa shape index (κ2) is 15.9. The van der Waals surface area contributed by atoms with E-state index in [0.717, 1.165) is 77.3 Å². The smallest absolute Gasteiger partial charge is 0.266 e. The minimum Gasteiger partial charge on any atom is -0.268 e. The number of imide groups is 2. The lowest BCUT2D eigenvalue weighted by atomic mass is 9.86. The predicted octanol–water partition coefficient (Wildman–Crippen LogP) is 14.9. The molecule has 6 nitrogen and oxygen atoms in total. The van der Waals surface area contributed by atoms with E-state index in [9.17, 15) is 19.2 Å². The van der Waals surface area contributed by atoms with Crippen molar-refractivity contribution in [1.82, 2.24) is 0 Å². The van der Waals surface area contributed by atoms with Gasteiger partial charge in [0.15, 0.2) is 0 Å². The standard InChI is InChI=1S/C62H39BrN2O4/c63-44-32-42(45-25-27-51-57-47(45)19-9-21-49(57)59(66)64(61(51)68)55-29-23-40(36-11-1-2-12-36)34-53(55)38-15-5-6-16-38)31-43(33-44)46-26-28-52-58-48(46)20-10-22-50(58)60(67)65(62(52)69)56-30-24-41(37-13-3-4-14-37)35-54(56)39-17-7-8-18-39/h1-13,15,17,19-36H,14,16,18H2. The van der Waals surface area contributed by atoms with Crippen molar-refractivity contribution in [3.8, 4) is 22.3 Å². The Hall–Kier alpha value is -8.26. The molecule has 7 aromatic carbocycles. The van der Waals surface area contributed by atoms with Crippen LogP contribution in [0.4, 0.5) is 11.4 Å². The summed E-state index contributed by atoms with van der Waals surface area (Å²) in [4.78, 5) is 61.7. The van der Waals surface area contributed by atoms with Crippen LogP contribution in [0.2, 0.25) is 0 Å². The molecule has 0 saturated carbocycles. The summed E-state index contributed by atoms with van der Waals surface area (Å²) >= 11 is 3.81. The van der Waals surface area contributed by atoms with Crippen LogP contribution in [0.3, 0.4) is 0 Å². The van der Waals surface area contributed by atoms with Crippen LogP contribution in [0.15, 0.2) is 199 Å². The maximum Gasteiger partial charge on any atom is 0.266 e.